The zero-order valence-corrected chi connectivity index (χ0v) is 9.90. The highest BCUT2D eigenvalue weighted by molar-refractivity contribution is 7.18. The Labute approximate surface area is 102 Å². The summed E-state index contributed by atoms with van der Waals surface area (Å²) in [5.74, 6) is 0. The van der Waals surface area contributed by atoms with Crippen molar-refractivity contribution in [2.24, 2.45) is 0 Å². The van der Waals surface area contributed by atoms with Crippen molar-refractivity contribution in [1.82, 2.24) is 4.98 Å². The fourth-order valence-electron chi connectivity index (χ4n) is 1.60. The standard InChI is InChI=1S/C9H13N3O4S/c13-9(1-3-16-4-2-9)6-11-8-10-5-7(17-8)12(14)15/h5,13H,1-4,6H2,(H,10,11). The molecule has 0 aromatic carbocycles. The molecule has 7 nitrogen and oxygen atoms in total. The molecule has 2 N–H and O–H groups in total. The minimum Gasteiger partial charge on any atom is -0.388 e. The molecule has 0 aliphatic carbocycles. The predicted molar refractivity (Wildman–Crippen MR) is 62.3 cm³/mol. The zero-order chi connectivity index (χ0) is 12.3. The molecular weight excluding hydrogens is 246 g/mol. The molecule has 0 saturated carbocycles. The zero-order valence-electron chi connectivity index (χ0n) is 9.09. The van der Waals surface area contributed by atoms with Crippen molar-refractivity contribution in [3.05, 3.63) is 16.3 Å². The summed E-state index contributed by atoms with van der Waals surface area (Å²) >= 11 is 0.965. The number of nitrogens with zero attached hydrogens (tertiary/aromatic N) is 2. The average Bonchev–Trinajstić information content (AvgIpc) is 2.76. The maximum Gasteiger partial charge on any atom is 0.345 e. The number of hydrogen-bond acceptors (Lipinski definition) is 7. The van der Waals surface area contributed by atoms with Gasteiger partial charge in [0.05, 0.1) is 10.5 Å². The number of thiazole rings is 1. The SMILES string of the molecule is O=[N+]([O-])c1cnc(NCC2(O)CCOCC2)s1. The summed E-state index contributed by atoms with van der Waals surface area (Å²) in [6.45, 7) is 1.41. The van der Waals surface area contributed by atoms with E-state index in [0.717, 1.165) is 11.3 Å². The van der Waals surface area contributed by atoms with E-state index in [1.54, 1.807) is 0 Å². The maximum atomic E-state index is 10.5. The second-order valence-corrected chi connectivity index (χ2v) is 4.96. The van der Waals surface area contributed by atoms with Gasteiger partial charge in [-0.25, -0.2) is 4.98 Å². The lowest BCUT2D eigenvalue weighted by Crippen LogP contribution is -2.42. The third kappa shape index (κ3) is 3.11. The van der Waals surface area contributed by atoms with E-state index in [9.17, 15) is 15.2 Å². The summed E-state index contributed by atoms with van der Waals surface area (Å²) in [6, 6.07) is 0. The summed E-state index contributed by atoms with van der Waals surface area (Å²) < 4.78 is 5.16. The Morgan fingerprint density at radius 3 is 2.94 bits per heavy atom. The van der Waals surface area contributed by atoms with Crippen molar-refractivity contribution >= 4 is 21.5 Å². The van der Waals surface area contributed by atoms with Crippen molar-refractivity contribution in [2.75, 3.05) is 25.1 Å². The van der Waals surface area contributed by atoms with Crippen molar-refractivity contribution in [2.45, 2.75) is 18.4 Å². The van der Waals surface area contributed by atoms with E-state index in [0.29, 0.717) is 37.7 Å². The highest BCUT2D eigenvalue weighted by Gasteiger charge is 2.29. The van der Waals surface area contributed by atoms with Crippen LogP contribution < -0.4 is 5.32 Å². The molecule has 2 rings (SSSR count). The van der Waals surface area contributed by atoms with Gasteiger partial charge in [0.2, 0.25) is 0 Å². The highest BCUT2D eigenvalue weighted by atomic mass is 32.1. The third-order valence-corrected chi connectivity index (χ3v) is 3.57. The normalized spacial score (nSPS) is 18.9. The first kappa shape index (κ1) is 12.2. The molecule has 1 aromatic rings. The van der Waals surface area contributed by atoms with Crippen molar-refractivity contribution in [1.29, 1.82) is 0 Å². The molecule has 0 amide bonds. The van der Waals surface area contributed by atoms with Crippen LogP contribution in [0.15, 0.2) is 6.20 Å². The monoisotopic (exact) mass is 259 g/mol. The summed E-state index contributed by atoms with van der Waals surface area (Å²) in [6.07, 6.45) is 2.34. The highest BCUT2D eigenvalue weighted by Crippen LogP contribution is 2.27. The molecule has 1 aliphatic heterocycles. The molecule has 0 radical (unpaired) electrons. The van der Waals surface area contributed by atoms with E-state index < -0.39 is 10.5 Å². The van der Waals surface area contributed by atoms with Gasteiger partial charge in [0.1, 0.15) is 6.20 Å². The molecule has 0 spiro atoms. The van der Waals surface area contributed by atoms with Gasteiger partial charge in [-0.15, -0.1) is 0 Å². The number of aliphatic hydroxyl groups is 1. The molecule has 1 aromatic heterocycles. The molecule has 2 heterocycles. The van der Waals surface area contributed by atoms with E-state index in [1.807, 2.05) is 0 Å². The molecule has 0 atom stereocenters. The number of aromatic nitrogens is 1. The number of hydrogen-bond donors (Lipinski definition) is 2. The fraction of sp³-hybridized carbons (Fsp3) is 0.667. The van der Waals surface area contributed by atoms with Gasteiger partial charge in [0.25, 0.3) is 0 Å². The van der Waals surface area contributed by atoms with E-state index in [4.69, 9.17) is 4.74 Å². The van der Waals surface area contributed by atoms with E-state index in [2.05, 4.69) is 10.3 Å². The second-order valence-electron chi connectivity index (χ2n) is 3.95. The summed E-state index contributed by atoms with van der Waals surface area (Å²) in [7, 11) is 0. The lowest BCUT2D eigenvalue weighted by atomic mass is 9.95. The van der Waals surface area contributed by atoms with Crippen LogP contribution in [0.5, 0.6) is 0 Å². The van der Waals surface area contributed by atoms with Crippen LogP contribution in [0.2, 0.25) is 0 Å². The number of rotatable bonds is 4. The summed E-state index contributed by atoms with van der Waals surface area (Å²) in [5.41, 5.74) is -0.807. The minimum atomic E-state index is -0.807. The van der Waals surface area contributed by atoms with Gasteiger partial charge in [-0.05, 0) is 11.3 Å². The van der Waals surface area contributed by atoms with Crippen LogP contribution in [0.1, 0.15) is 12.8 Å². The topological polar surface area (TPSA) is 97.5 Å². The Balaban J connectivity index is 1.90. The van der Waals surface area contributed by atoms with Gasteiger partial charge >= 0.3 is 5.00 Å². The Morgan fingerprint density at radius 2 is 2.35 bits per heavy atom. The molecular formula is C9H13N3O4S. The Kier molecular flexibility index (Phi) is 3.55. The first-order chi connectivity index (χ1) is 8.09. The van der Waals surface area contributed by atoms with E-state index in [-0.39, 0.29) is 5.00 Å². The first-order valence-corrected chi connectivity index (χ1v) is 6.05. The first-order valence-electron chi connectivity index (χ1n) is 5.23. The van der Waals surface area contributed by atoms with E-state index >= 15 is 0 Å². The Hall–Kier alpha value is -1.25. The van der Waals surface area contributed by atoms with Crippen molar-refractivity contribution in [3.63, 3.8) is 0 Å². The molecule has 0 bridgehead atoms. The predicted octanol–water partition coefficient (Wildman–Crippen LogP) is 1.00. The third-order valence-electron chi connectivity index (χ3n) is 2.67. The average molecular weight is 259 g/mol. The second kappa shape index (κ2) is 4.94. The van der Waals surface area contributed by atoms with Crippen LogP contribution in [-0.4, -0.2) is 40.4 Å². The van der Waals surface area contributed by atoms with Crippen molar-refractivity contribution in [3.8, 4) is 0 Å². The number of anilines is 1. The van der Waals surface area contributed by atoms with Crippen LogP contribution in [0.3, 0.4) is 0 Å². The molecule has 1 aliphatic rings. The molecule has 8 heteroatoms. The molecule has 1 saturated heterocycles. The summed E-state index contributed by atoms with van der Waals surface area (Å²) in [4.78, 5) is 13.9. The van der Waals surface area contributed by atoms with Gasteiger partial charge in [-0.2, -0.15) is 0 Å². The minimum absolute atomic E-state index is 0.00790. The van der Waals surface area contributed by atoms with Gasteiger partial charge in [0.15, 0.2) is 5.13 Å². The van der Waals surface area contributed by atoms with Gasteiger partial charge in [-0.1, -0.05) is 0 Å². The molecule has 17 heavy (non-hydrogen) atoms. The number of nitro groups is 1. The van der Waals surface area contributed by atoms with Crippen LogP contribution in [0.4, 0.5) is 10.1 Å². The lowest BCUT2D eigenvalue weighted by molar-refractivity contribution is -0.380. The van der Waals surface area contributed by atoms with Crippen LogP contribution in [-0.2, 0) is 4.74 Å². The van der Waals surface area contributed by atoms with Crippen LogP contribution in [0, 0.1) is 10.1 Å². The van der Waals surface area contributed by atoms with E-state index in [1.165, 1.54) is 6.20 Å². The maximum absolute atomic E-state index is 10.5. The lowest BCUT2D eigenvalue weighted by Gasteiger charge is -2.31. The van der Waals surface area contributed by atoms with Gasteiger partial charge < -0.3 is 15.2 Å². The molecule has 1 fully saturated rings. The van der Waals surface area contributed by atoms with Crippen LogP contribution >= 0.6 is 11.3 Å². The number of nitrogens with one attached hydrogen (secondary N) is 1. The summed E-state index contributed by atoms with van der Waals surface area (Å²) in [5, 5.41) is 24.0. The Bertz CT molecular complexity index is 403. The quantitative estimate of drug-likeness (QED) is 0.618. The Morgan fingerprint density at radius 1 is 1.65 bits per heavy atom. The molecule has 0 unspecified atom stereocenters. The van der Waals surface area contributed by atoms with Gasteiger partial charge in [0, 0.05) is 32.6 Å². The molecule has 94 valence electrons. The smallest absolute Gasteiger partial charge is 0.345 e. The van der Waals surface area contributed by atoms with Gasteiger partial charge in [-0.3, -0.25) is 10.1 Å². The van der Waals surface area contributed by atoms with Crippen molar-refractivity contribution < 1.29 is 14.8 Å². The fourth-order valence-corrected chi connectivity index (χ4v) is 2.23. The van der Waals surface area contributed by atoms with Crippen LogP contribution in [0.25, 0.3) is 0 Å². The number of ether oxygens (including phenoxy) is 1. The largest absolute Gasteiger partial charge is 0.388 e.